The summed E-state index contributed by atoms with van der Waals surface area (Å²) in [5.74, 6) is -0.762. The summed E-state index contributed by atoms with van der Waals surface area (Å²) in [7, 11) is 0. The van der Waals surface area contributed by atoms with Crippen LogP contribution in [0.3, 0.4) is 0 Å². The van der Waals surface area contributed by atoms with Gasteiger partial charge in [-0.2, -0.15) is 4.98 Å². The first-order valence-electron chi connectivity index (χ1n) is 9.72. The second-order valence-corrected chi connectivity index (χ2v) is 7.45. The Balaban J connectivity index is 1.45. The van der Waals surface area contributed by atoms with Crippen molar-refractivity contribution in [2.24, 2.45) is 0 Å². The second-order valence-electron chi connectivity index (χ2n) is 7.02. The van der Waals surface area contributed by atoms with E-state index in [9.17, 15) is 14.0 Å². The highest BCUT2D eigenvalue weighted by molar-refractivity contribution is 6.30. The third kappa shape index (κ3) is 3.99. The van der Waals surface area contributed by atoms with Crippen LogP contribution in [0.5, 0.6) is 0 Å². The zero-order chi connectivity index (χ0) is 22.9. The van der Waals surface area contributed by atoms with Gasteiger partial charge in [0.05, 0.1) is 11.3 Å². The molecule has 5 aromatic rings. The largest absolute Gasteiger partial charge is 0.350 e. The molecule has 0 aliphatic heterocycles. The molecule has 0 aliphatic carbocycles. The molecule has 11 heteroatoms. The highest BCUT2D eigenvalue weighted by Crippen LogP contribution is 2.24. The summed E-state index contributed by atoms with van der Waals surface area (Å²) in [5.41, 5.74) is 0.819. The fraction of sp³-hybridized carbons (Fsp3) is 0.0455. The Bertz CT molecular complexity index is 1540. The molecular weight excluding hydrogens is 451 g/mol. The van der Waals surface area contributed by atoms with Crippen LogP contribution < -0.4 is 11.0 Å². The number of amides is 1. The van der Waals surface area contributed by atoms with Gasteiger partial charge in [0.25, 0.3) is 5.89 Å². The van der Waals surface area contributed by atoms with Gasteiger partial charge in [0.2, 0.25) is 11.7 Å². The maximum Gasteiger partial charge on any atom is 0.350 e. The minimum absolute atomic E-state index is 0.0544. The molecule has 1 N–H and O–H groups in total. The molecule has 0 spiro atoms. The third-order valence-corrected chi connectivity index (χ3v) is 5.03. The van der Waals surface area contributed by atoms with Gasteiger partial charge < -0.3 is 9.84 Å². The molecule has 33 heavy (non-hydrogen) atoms. The molecule has 2 aromatic carbocycles. The van der Waals surface area contributed by atoms with Crippen LogP contribution in [-0.2, 0) is 11.3 Å². The van der Waals surface area contributed by atoms with Crippen LogP contribution in [0.15, 0.2) is 76.2 Å². The normalized spacial score (nSPS) is 11.1. The van der Waals surface area contributed by atoms with Crippen molar-refractivity contribution in [3.8, 4) is 22.8 Å². The lowest BCUT2D eigenvalue weighted by Gasteiger charge is -2.06. The molecule has 0 radical (unpaired) electrons. The predicted octanol–water partition coefficient (Wildman–Crippen LogP) is 3.64. The monoisotopic (exact) mass is 464 g/mol. The van der Waals surface area contributed by atoms with Crippen molar-refractivity contribution >= 4 is 28.8 Å². The molecule has 0 aliphatic rings. The van der Waals surface area contributed by atoms with Gasteiger partial charge in [-0.25, -0.2) is 18.3 Å². The predicted molar refractivity (Wildman–Crippen MR) is 118 cm³/mol. The molecule has 0 unspecified atom stereocenters. The molecule has 0 saturated carbocycles. The minimum atomic E-state index is -0.689. The molecule has 1 amide bonds. The van der Waals surface area contributed by atoms with Crippen LogP contribution in [0.2, 0.25) is 5.02 Å². The summed E-state index contributed by atoms with van der Waals surface area (Å²) in [6.07, 6.45) is 1.51. The third-order valence-electron chi connectivity index (χ3n) is 4.80. The molecule has 5 rings (SSSR count). The summed E-state index contributed by atoms with van der Waals surface area (Å²) >= 11 is 5.72. The average molecular weight is 465 g/mol. The maximum absolute atomic E-state index is 14.0. The molecular formula is C22H14ClFN6O3. The van der Waals surface area contributed by atoms with Crippen molar-refractivity contribution < 1.29 is 13.7 Å². The molecule has 3 aromatic heterocycles. The van der Waals surface area contributed by atoms with Crippen LogP contribution in [0.1, 0.15) is 0 Å². The maximum atomic E-state index is 14.0. The molecule has 0 fully saturated rings. The standard InChI is InChI=1S/C22H14ClFN6O3/c23-14-8-9-17(16(24)11-14)25-18(31)12-30-22(32)29-10-4-7-15(20(29)27-30)21-26-19(28-33-21)13-5-2-1-3-6-13/h1-11H,12H2,(H,25,31). The van der Waals surface area contributed by atoms with E-state index in [1.54, 1.807) is 12.1 Å². The van der Waals surface area contributed by atoms with Crippen molar-refractivity contribution in [3.63, 3.8) is 0 Å². The Morgan fingerprint density at radius 1 is 1.12 bits per heavy atom. The molecule has 3 heterocycles. The van der Waals surface area contributed by atoms with Gasteiger partial charge in [0.15, 0.2) is 5.65 Å². The van der Waals surface area contributed by atoms with Crippen LogP contribution >= 0.6 is 11.6 Å². The number of hydrogen-bond donors (Lipinski definition) is 1. The summed E-state index contributed by atoms with van der Waals surface area (Å²) in [6, 6.07) is 16.4. The quantitative estimate of drug-likeness (QED) is 0.425. The number of hydrogen-bond acceptors (Lipinski definition) is 6. The van der Waals surface area contributed by atoms with E-state index in [0.29, 0.717) is 11.4 Å². The number of carbonyl (C=O) groups excluding carboxylic acids is 1. The van der Waals surface area contributed by atoms with E-state index >= 15 is 0 Å². The summed E-state index contributed by atoms with van der Waals surface area (Å²) in [5, 5.41) is 10.8. The van der Waals surface area contributed by atoms with E-state index in [4.69, 9.17) is 16.1 Å². The lowest BCUT2D eigenvalue weighted by molar-refractivity contribution is -0.117. The number of carbonyl (C=O) groups is 1. The molecule has 0 bridgehead atoms. The minimum Gasteiger partial charge on any atom is -0.333 e. The van der Waals surface area contributed by atoms with Gasteiger partial charge >= 0.3 is 5.69 Å². The Morgan fingerprint density at radius 3 is 2.73 bits per heavy atom. The van der Waals surface area contributed by atoms with E-state index in [0.717, 1.165) is 16.3 Å². The highest BCUT2D eigenvalue weighted by atomic mass is 35.5. The number of rotatable bonds is 5. The SMILES string of the molecule is O=C(Cn1nc2c(-c3nc(-c4ccccc4)no3)cccn2c1=O)Nc1ccc(Cl)cc1F. The number of aromatic nitrogens is 5. The van der Waals surface area contributed by atoms with E-state index in [2.05, 4.69) is 20.6 Å². The Kier molecular flexibility index (Phi) is 5.19. The smallest absolute Gasteiger partial charge is 0.333 e. The summed E-state index contributed by atoms with van der Waals surface area (Å²) < 4.78 is 21.6. The van der Waals surface area contributed by atoms with Gasteiger partial charge in [-0.1, -0.05) is 47.1 Å². The molecule has 0 saturated heterocycles. The Morgan fingerprint density at radius 2 is 1.94 bits per heavy atom. The fourth-order valence-corrected chi connectivity index (χ4v) is 3.42. The molecule has 9 nitrogen and oxygen atoms in total. The van der Waals surface area contributed by atoms with Crippen LogP contribution in [0.25, 0.3) is 28.5 Å². The Labute approximate surface area is 190 Å². The lowest BCUT2D eigenvalue weighted by atomic mass is 10.2. The number of nitrogens with zero attached hydrogens (tertiary/aromatic N) is 5. The fourth-order valence-electron chi connectivity index (χ4n) is 3.26. The van der Waals surface area contributed by atoms with Crippen LogP contribution in [0.4, 0.5) is 10.1 Å². The van der Waals surface area contributed by atoms with Crippen LogP contribution in [0, 0.1) is 5.82 Å². The number of nitrogens with one attached hydrogen (secondary N) is 1. The van der Waals surface area contributed by atoms with Gasteiger partial charge in [-0.3, -0.25) is 4.79 Å². The second kappa shape index (κ2) is 8.32. The molecule has 164 valence electrons. The highest BCUT2D eigenvalue weighted by Gasteiger charge is 2.19. The van der Waals surface area contributed by atoms with Gasteiger partial charge in [0.1, 0.15) is 12.4 Å². The first-order valence-corrected chi connectivity index (χ1v) is 10.1. The number of benzene rings is 2. The van der Waals surface area contributed by atoms with Crippen molar-refractivity contribution in [2.75, 3.05) is 5.32 Å². The summed E-state index contributed by atoms with van der Waals surface area (Å²) in [4.78, 5) is 29.6. The number of pyridine rings is 1. The zero-order valence-electron chi connectivity index (χ0n) is 16.8. The number of anilines is 1. The lowest BCUT2D eigenvalue weighted by Crippen LogP contribution is -2.28. The van der Waals surface area contributed by atoms with E-state index in [1.807, 2.05) is 30.3 Å². The van der Waals surface area contributed by atoms with Crippen molar-refractivity contribution in [1.29, 1.82) is 0 Å². The molecule has 0 atom stereocenters. The van der Waals surface area contributed by atoms with E-state index < -0.39 is 24.0 Å². The van der Waals surface area contributed by atoms with Gasteiger partial charge in [-0.15, -0.1) is 5.10 Å². The van der Waals surface area contributed by atoms with Crippen LogP contribution in [-0.4, -0.2) is 30.2 Å². The number of halogens is 2. The Hall–Kier alpha value is -4.31. The zero-order valence-corrected chi connectivity index (χ0v) is 17.5. The number of fused-ring (bicyclic) bond motifs is 1. The van der Waals surface area contributed by atoms with E-state index in [1.165, 1.54) is 22.7 Å². The van der Waals surface area contributed by atoms with Crippen molar-refractivity contribution in [3.05, 3.63) is 88.2 Å². The van der Waals surface area contributed by atoms with Crippen molar-refractivity contribution in [2.45, 2.75) is 6.54 Å². The first kappa shape index (κ1) is 20.6. The topological polar surface area (TPSA) is 107 Å². The van der Waals surface area contributed by atoms with Crippen molar-refractivity contribution in [1.82, 2.24) is 24.3 Å². The van der Waals surface area contributed by atoms with E-state index in [-0.39, 0.29) is 22.2 Å². The van der Waals surface area contributed by atoms with Gasteiger partial charge in [0, 0.05) is 16.8 Å². The first-order chi connectivity index (χ1) is 16.0. The van der Waals surface area contributed by atoms with Gasteiger partial charge in [-0.05, 0) is 30.3 Å². The summed E-state index contributed by atoms with van der Waals surface area (Å²) in [6.45, 7) is -0.429. The average Bonchev–Trinajstić information content (AvgIpc) is 3.42.